The summed E-state index contributed by atoms with van der Waals surface area (Å²) in [7, 11) is 0. The Kier molecular flexibility index (Phi) is 5.51. The molecule has 0 unspecified atom stereocenters. The molecule has 2 rings (SSSR count). The van der Waals surface area contributed by atoms with Gasteiger partial charge in [-0.15, -0.1) is 21.5 Å². The van der Waals surface area contributed by atoms with Gasteiger partial charge in [-0.25, -0.2) is 18.6 Å². The highest BCUT2D eigenvalue weighted by molar-refractivity contribution is 7.15. The first-order chi connectivity index (χ1) is 10.1. The van der Waals surface area contributed by atoms with E-state index in [1.54, 1.807) is 11.3 Å². The topological polar surface area (TPSA) is 79.8 Å². The number of hydrogen-bond acceptors (Lipinski definition) is 6. The van der Waals surface area contributed by atoms with Crippen LogP contribution in [0.1, 0.15) is 29.1 Å². The summed E-state index contributed by atoms with van der Waals surface area (Å²) < 4.78 is 24.6. The number of halogens is 2. The van der Waals surface area contributed by atoms with Crippen molar-refractivity contribution in [2.45, 2.75) is 26.2 Å². The average molecular weight is 333 g/mol. The molecule has 6 nitrogen and oxygen atoms in total. The lowest BCUT2D eigenvalue weighted by Gasteiger charge is -2.03. The minimum Gasteiger partial charge on any atom is -0.337 e. The fourth-order valence-electron chi connectivity index (χ4n) is 1.44. The van der Waals surface area contributed by atoms with E-state index in [-0.39, 0.29) is 5.13 Å². The molecule has 0 aromatic carbocycles. The molecule has 2 aromatic rings. The van der Waals surface area contributed by atoms with Crippen molar-refractivity contribution < 1.29 is 13.6 Å². The normalized spacial score (nSPS) is 10.9. The third-order valence-electron chi connectivity index (χ3n) is 2.42. The average Bonchev–Trinajstić information content (AvgIpc) is 3.07. The number of carbonyl (C=O) groups is 1. The number of hydrogen-bond donors (Lipinski definition) is 2. The predicted molar refractivity (Wildman–Crippen MR) is 77.1 cm³/mol. The van der Waals surface area contributed by atoms with Crippen molar-refractivity contribution in [3.8, 4) is 0 Å². The van der Waals surface area contributed by atoms with Crippen molar-refractivity contribution in [3.05, 3.63) is 21.1 Å². The van der Waals surface area contributed by atoms with E-state index in [1.165, 1.54) is 0 Å². The van der Waals surface area contributed by atoms with Gasteiger partial charge in [0.2, 0.25) is 5.13 Å². The van der Waals surface area contributed by atoms with E-state index in [9.17, 15) is 13.6 Å². The molecule has 2 amide bonds. The fraction of sp³-hybridized carbons (Fsp3) is 0.455. The van der Waals surface area contributed by atoms with E-state index in [0.717, 1.165) is 17.1 Å². The zero-order valence-electron chi connectivity index (χ0n) is 11.1. The van der Waals surface area contributed by atoms with Crippen molar-refractivity contribution in [1.29, 1.82) is 0 Å². The molecule has 0 radical (unpaired) electrons. The van der Waals surface area contributed by atoms with Crippen LogP contribution in [0.15, 0.2) is 5.38 Å². The zero-order chi connectivity index (χ0) is 15.2. The number of aromatic nitrogens is 3. The lowest BCUT2D eigenvalue weighted by molar-refractivity contribution is 0.150. The molecule has 114 valence electrons. The van der Waals surface area contributed by atoms with Crippen molar-refractivity contribution in [2.75, 3.05) is 11.9 Å². The van der Waals surface area contributed by atoms with E-state index in [1.807, 2.05) is 12.3 Å². The number of urea groups is 1. The Bertz CT molecular complexity index is 601. The number of nitrogens with zero attached hydrogens (tertiary/aromatic N) is 3. The van der Waals surface area contributed by atoms with Crippen LogP contribution in [-0.4, -0.2) is 27.8 Å². The molecule has 21 heavy (non-hydrogen) atoms. The standard InChI is InChI=1S/C11H13F2N5OS2/c1-2-7-15-6(5-20-7)3-4-14-10(19)16-11-18-17-9(21-11)8(12)13/h5,8H,2-4H2,1H3,(H2,14,16,18,19). The van der Waals surface area contributed by atoms with E-state index in [0.29, 0.717) is 24.3 Å². The maximum absolute atomic E-state index is 12.3. The smallest absolute Gasteiger partial charge is 0.321 e. The summed E-state index contributed by atoms with van der Waals surface area (Å²) in [5.74, 6) is 0. The van der Waals surface area contributed by atoms with Crippen molar-refractivity contribution >= 4 is 33.8 Å². The SMILES string of the molecule is CCc1nc(CCNC(=O)Nc2nnc(C(F)F)s2)cs1. The highest BCUT2D eigenvalue weighted by atomic mass is 32.1. The summed E-state index contributed by atoms with van der Waals surface area (Å²) in [5, 5.41) is 14.4. The molecule has 0 aliphatic rings. The summed E-state index contributed by atoms with van der Waals surface area (Å²) in [6.07, 6.45) is -1.18. The summed E-state index contributed by atoms with van der Waals surface area (Å²) in [5.41, 5.74) is 0.924. The maximum Gasteiger partial charge on any atom is 0.321 e. The zero-order valence-corrected chi connectivity index (χ0v) is 12.7. The maximum atomic E-state index is 12.3. The highest BCUT2D eigenvalue weighted by Crippen LogP contribution is 2.24. The Morgan fingerprint density at radius 2 is 2.24 bits per heavy atom. The van der Waals surface area contributed by atoms with Crippen LogP contribution in [0, 0.1) is 0 Å². The van der Waals surface area contributed by atoms with Crippen LogP contribution >= 0.6 is 22.7 Å². The van der Waals surface area contributed by atoms with Crippen molar-refractivity contribution in [3.63, 3.8) is 0 Å². The first kappa shape index (κ1) is 15.7. The van der Waals surface area contributed by atoms with Gasteiger partial charge in [0, 0.05) is 18.3 Å². The highest BCUT2D eigenvalue weighted by Gasteiger charge is 2.15. The second-order valence-corrected chi connectivity index (χ2v) is 5.91. The van der Waals surface area contributed by atoms with Gasteiger partial charge in [-0.2, -0.15) is 0 Å². The van der Waals surface area contributed by atoms with Gasteiger partial charge < -0.3 is 5.32 Å². The molecule has 0 atom stereocenters. The molecule has 0 spiro atoms. The Labute approximate surface area is 127 Å². The third kappa shape index (κ3) is 4.67. The van der Waals surface area contributed by atoms with Crippen LogP contribution in [0.2, 0.25) is 0 Å². The van der Waals surface area contributed by atoms with Gasteiger partial charge in [0.05, 0.1) is 10.7 Å². The quantitative estimate of drug-likeness (QED) is 0.852. The molecule has 0 saturated heterocycles. The number of thiazole rings is 1. The number of carbonyl (C=O) groups excluding carboxylic acids is 1. The number of alkyl halides is 2. The molecule has 0 saturated carbocycles. The Morgan fingerprint density at radius 1 is 1.43 bits per heavy atom. The Balaban J connectivity index is 1.74. The molecule has 2 N–H and O–H groups in total. The number of rotatable bonds is 6. The first-order valence-corrected chi connectivity index (χ1v) is 7.87. The van der Waals surface area contributed by atoms with Gasteiger partial charge in [-0.1, -0.05) is 18.3 Å². The summed E-state index contributed by atoms with van der Waals surface area (Å²) in [6.45, 7) is 2.43. The van der Waals surface area contributed by atoms with Crippen molar-refractivity contribution in [2.24, 2.45) is 0 Å². The molecule has 2 aromatic heterocycles. The molecular weight excluding hydrogens is 320 g/mol. The predicted octanol–water partition coefficient (Wildman–Crippen LogP) is 2.86. The second-order valence-electron chi connectivity index (χ2n) is 3.96. The van der Waals surface area contributed by atoms with E-state index in [2.05, 4.69) is 25.8 Å². The summed E-state index contributed by atoms with van der Waals surface area (Å²) in [6, 6.07) is -0.502. The molecule has 10 heteroatoms. The Hall–Kier alpha value is -1.68. The van der Waals surface area contributed by atoms with E-state index < -0.39 is 17.5 Å². The number of amides is 2. The largest absolute Gasteiger partial charge is 0.337 e. The summed E-state index contributed by atoms with van der Waals surface area (Å²) >= 11 is 2.24. The van der Waals surface area contributed by atoms with Crippen LogP contribution in [0.25, 0.3) is 0 Å². The Morgan fingerprint density at radius 3 is 2.86 bits per heavy atom. The van der Waals surface area contributed by atoms with Gasteiger partial charge in [0.25, 0.3) is 6.43 Å². The molecule has 0 bridgehead atoms. The molecular formula is C11H13F2N5OS2. The fourth-order valence-corrected chi connectivity index (χ4v) is 2.82. The van der Waals surface area contributed by atoms with Crippen LogP contribution < -0.4 is 10.6 Å². The van der Waals surface area contributed by atoms with Crippen LogP contribution in [0.4, 0.5) is 18.7 Å². The minimum atomic E-state index is -2.68. The van der Waals surface area contributed by atoms with Crippen LogP contribution in [0.3, 0.4) is 0 Å². The van der Waals surface area contributed by atoms with Crippen molar-refractivity contribution in [1.82, 2.24) is 20.5 Å². The van der Waals surface area contributed by atoms with Gasteiger partial charge in [-0.3, -0.25) is 5.32 Å². The number of aryl methyl sites for hydroxylation is 1. The van der Waals surface area contributed by atoms with Crippen LogP contribution in [0.5, 0.6) is 0 Å². The van der Waals surface area contributed by atoms with Gasteiger partial charge >= 0.3 is 6.03 Å². The van der Waals surface area contributed by atoms with Crippen LogP contribution in [-0.2, 0) is 12.8 Å². The first-order valence-electron chi connectivity index (χ1n) is 6.18. The molecule has 2 heterocycles. The van der Waals surface area contributed by atoms with E-state index >= 15 is 0 Å². The molecule has 0 aliphatic carbocycles. The molecule has 0 fully saturated rings. The lowest BCUT2D eigenvalue weighted by atomic mass is 10.3. The van der Waals surface area contributed by atoms with Gasteiger partial charge in [0.15, 0.2) is 5.01 Å². The number of anilines is 1. The van der Waals surface area contributed by atoms with Gasteiger partial charge in [-0.05, 0) is 6.42 Å². The second kappa shape index (κ2) is 7.36. The van der Waals surface area contributed by atoms with Gasteiger partial charge in [0.1, 0.15) is 0 Å². The lowest BCUT2D eigenvalue weighted by Crippen LogP contribution is -2.30. The number of nitrogens with one attached hydrogen (secondary N) is 2. The summed E-state index contributed by atoms with van der Waals surface area (Å²) in [4.78, 5) is 15.9. The third-order valence-corrected chi connectivity index (χ3v) is 4.30. The minimum absolute atomic E-state index is 0.0460. The molecule has 0 aliphatic heterocycles. The monoisotopic (exact) mass is 333 g/mol. The van der Waals surface area contributed by atoms with E-state index in [4.69, 9.17) is 0 Å².